The fraction of sp³-hybridized carbons (Fsp3) is 0.222. The zero-order valence-corrected chi connectivity index (χ0v) is 15.5. The highest BCUT2D eigenvalue weighted by Crippen LogP contribution is 2.39. The van der Waals surface area contributed by atoms with E-state index in [1.807, 2.05) is 42.5 Å². The minimum Gasteiger partial charge on any atom is -0.292 e. The molecule has 2 aromatic heterocycles. The maximum Gasteiger partial charge on any atom is 0.145 e. The van der Waals surface area contributed by atoms with Gasteiger partial charge < -0.3 is 0 Å². The SMILES string of the molecule is [2H]C([2H])([2H])C(c1cccc(C(C([2H])([2H])[2H])C([2H])([2H])[2H])c1-c1cnc2c3ccccc3c3ccccc3n12)C([2H])([2H])[2H]. The molecule has 0 unspecified atom stereocenters. The smallest absolute Gasteiger partial charge is 0.145 e. The van der Waals surface area contributed by atoms with E-state index in [0.29, 0.717) is 11.2 Å². The third-order valence-electron chi connectivity index (χ3n) is 5.37. The van der Waals surface area contributed by atoms with Crippen LogP contribution < -0.4 is 0 Å². The number of hydrogen-bond acceptors (Lipinski definition) is 1. The first-order chi connectivity index (χ1) is 18.9. The van der Waals surface area contributed by atoms with Gasteiger partial charge in [-0.25, -0.2) is 4.98 Å². The molecule has 5 aromatic rings. The van der Waals surface area contributed by atoms with Crippen molar-refractivity contribution < 1.29 is 16.4 Å². The summed E-state index contributed by atoms with van der Waals surface area (Å²) in [6, 6.07) is 18.9. The van der Waals surface area contributed by atoms with Crippen molar-refractivity contribution in [2.45, 2.75) is 39.2 Å². The van der Waals surface area contributed by atoms with Crippen LogP contribution in [0.2, 0.25) is 0 Å². The maximum absolute atomic E-state index is 8.16. The van der Waals surface area contributed by atoms with Gasteiger partial charge in [0, 0.05) is 32.8 Å². The number of fused-ring (bicyclic) bond motifs is 6. The second-order valence-electron chi connectivity index (χ2n) is 7.04. The molecule has 5 rings (SSSR count). The van der Waals surface area contributed by atoms with Gasteiger partial charge in [-0.3, -0.25) is 4.40 Å². The number of para-hydroxylation sites is 1. The molecule has 0 saturated carbocycles. The van der Waals surface area contributed by atoms with Crippen LogP contribution in [0.25, 0.3) is 38.6 Å². The molecule has 2 heterocycles. The molecule has 0 radical (unpaired) electrons. The molecule has 0 bridgehead atoms. The number of hydrogen-bond donors (Lipinski definition) is 0. The molecule has 0 fully saturated rings. The first-order valence-electron chi connectivity index (χ1n) is 15.3. The third-order valence-corrected chi connectivity index (χ3v) is 5.37. The van der Waals surface area contributed by atoms with Crippen LogP contribution in [-0.2, 0) is 0 Å². The van der Waals surface area contributed by atoms with Crippen LogP contribution in [0.1, 0.15) is 66.8 Å². The van der Waals surface area contributed by atoms with Crippen LogP contribution in [0.5, 0.6) is 0 Å². The summed E-state index contributed by atoms with van der Waals surface area (Å²) in [4.78, 5) is 4.62. The van der Waals surface area contributed by atoms with E-state index in [-0.39, 0.29) is 22.4 Å². The number of rotatable bonds is 3. The van der Waals surface area contributed by atoms with E-state index in [1.165, 1.54) is 24.4 Å². The zero-order valence-electron chi connectivity index (χ0n) is 27.5. The molecular formula is C27H26N2. The van der Waals surface area contributed by atoms with E-state index in [4.69, 9.17) is 16.4 Å². The number of benzene rings is 3. The minimum absolute atomic E-state index is 0.0741. The van der Waals surface area contributed by atoms with Crippen LogP contribution in [0.4, 0.5) is 0 Å². The van der Waals surface area contributed by atoms with E-state index >= 15 is 0 Å². The molecule has 2 nitrogen and oxygen atoms in total. The van der Waals surface area contributed by atoms with Gasteiger partial charge in [-0.15, -0.1) is 0 Å². The second-order valence-corrected chi connectivity index (χ2v) is 7.04. The fourth-order valence-corrected chi connectivity index (χ4v) is 4.14. The van der Waals surface area contributed by atoms with Gasteiger partial charge in [-0.1, -0.05) is 88.1 Å². The summed E-state index contributed by atoms with van der Waals surface area (Å²) in [6.07, 6.45) is 1.42. The average Bonchev–Trinajstić information content (AvgIpc) is 3.26. The lowest BCUT2D eigenvalue weighted by molar-refractivity contribution is 0.836. The molecule has 0 N–H and O–H groups in total. The van der Waals surface area contributed by atoms with Crippen molar-refractivity contribution in [3.05, 3.63) is 84.1 Å². The van der Waals surface area contributed by atoms with Crippen LogP contribution >= 0.6 is 0 Å². The molecule has 29 heavy (non-hydrogen) atoms. The molecule has 144 valence electrons. The largest absolute Gasteiger partial charge is 0.292 e. The van der Waals surface area contributed by atoms with Gasteiger partial charge in [0.25, 0.3) is 0 Å². The van der Waals surface area contributed by atoms with E-state index in [0.717, 1.165) is 16.2 Å². The summed E-state index contributed by atoms with van der Waals surface area (Å²) in [5.74, 6) is -4.06. The topological polar surface area (TPSA) is 17.3 Å². The summed E-state index contributed by atoms with van der Waals surface area (Å²) in [6.45, 7) is -12.1. The standard InChI is InChI=1S/C27H26N2/c1-17(2)19-13-9-14-20(18(3)4)26(19)25-16-28-27-23-12-6-5-10-21(23)22-11-7-8-15-24(22)29(25)27/h5-18H,1-4H3/i1D3,2D3,3D3,4D3. The Hall–Kier alpha value is -3.13. The first kappa shape index (κ1) is 9.13. The predicted octanol–water partition coefficient (Wildman–Crippen LogP) is 7.55. The summed E-state index contributed by atoms with van der Waals surface area (Å²) in [5.41, 5.74) is 0.848. The van der Waals surface area contributed by atoms with E-state index in [2.05, 4.69) is 4.98 Å². The highest BCUT2D eigenvalue weighted by atomic mass is 15.0. The van der Waals surface area contributed by atoms with Gasteiger partial charge in [0.2, 0.25) is 0 Å². The van der Waals surface area contributed by atoms with Gasteiger partial charge in [-0.05, 0) is 34.4 Å². The summed E-state index contributed by atoms with van der Waals surface area (Å²) in [7, 11) is 0. The van der Waals surface area contributed by atoms with E-state index in [1.54, 1.807) is 10.5 Å². The van der Waals surface area contributed by atoms with Crippen LogP contribution in [-0.4, -0.2) is 9.38 Å². The lowest BCUT2D eigenvalue weighted by Gasteiger charge is -2.20. The second kappa shape index (κ2) is 6.73. The number of nitrogens with zero attached hydrogens (tertiary/aromatic N) is 2. The molecule has 0 aliphatic rings. The van der Waals surface area contributed by atoms with Crippen LogP contribution in [0, 0.1) is 0 Å². The average molecular weight is 391 g/mol. The maximum atomic E-state index is 8.16. The van der Waals surface area contributed by atoms with E-state index < -0.39 is 39.2 Å². The normalized spacial score (nSPS) is 19.9. The predicted molar refractivity (Wildman–Crippen MR) is 124 cm³/mol. The van der Waals surface area contributed by atoms with Crippen LogP contribution in [0.15, 0.2) is 72.9 Å². The first-order valence-corrected chi connectivity index (χ1v) is 9.32. The third kappa shape index (κ3) is 2.66. The molecular weight excluding hydrogens is 352 g/mol. The molecule has 2 heteroatoms. The highest BCUT2D eigenvalue weighted by Gasteiger charge is 2.20. The Balaban J connectivity index is 2.02. The number of imidazole rings is 1. The Morgan fingerprint density at radius 2 is 1.34 bits per heavy atom. The Bertz CT molecular complexity index is 1680. The van der Waals surface area contributed by atoms with Gasteiger partial charge in [0.1, 0.15) is 5.65 Å². The van der Waals surface area contributed by atoms with Gasteiger partial charge in [0.15, 0.2) is 0 Å². The lowest BCUT2D eigenvalue weighted by atomic mass is 9.87. The van der Waals surface area contributed by atoms with Gasteiger partial charge >= 0.3 is 0 Å². The molecule has 0 aliphatic heterocycles. The monoisotopic (exact) mass is 390 g/mol. The van der Waals surface area contributed by atoms with Crippen molar-refractivity contribution >= 4 is 27.3 Å². The van der Waals surface area contributed by atoms with Crippen molar-refractivity contribution in [1.29, 1.82) is 0 Å². The molecule has 0 spiro atoms. The summed E-state index contributed by atoms with van der Waals surface area (Å²) >= 11 is 0. The highest BCUT2D eigenvalue weighted by molar-refractivity contribution is 6.12. The quantitative estimate of drug-likeness (QED) is 0.291. The number of pyridine rings is 1. The van der Waals surface area contributed by atoms with Gasteiger partial charge in [-0.2, -0.15) is 0 Å². The molecule has 0 atom stereocenters. The Kier molecular flexibility index (Phi) is 2.12. The van der Waals surface area contributed by atoms with Gasteiger partial charge in [0.05, 0.1) is 17.4 Å². The lowest BCUT2D eigenvalue weighted by Crippen LogP contribution is -2.02. The Morgan fingerprint density at radius 3 is 2.03 bits per heavy atom. The Morgan fingerprint density at radius 1 is 0.724 bits per heavy atom. The fourth-order valence-electron chi connectivity index (χ4n) is 4.14. The summed E-state index contributed by atoms with van der Waals surface area (Å²) < 4.78 is 99.6. The van der Waals surface area contributed by atoms with Crippen molar-refractivity contribution in [3.8, 4) is 11.3 Å². The van der Waals surface area contributed by atoms with Crippen molar-refractivity contribution in [2.24, 2.45) is 0 Å². The molecule has 0 amide bonds. The summed E-state index contributed by atoms with van der Waals surface area (Å²) in [5, 5.41) is 2.47. The molecule has 3 aromatic carbocycles. The number of aromatic nitrogens is 2. The van der Waals surface area contributed by atoms with Crippen molar-refractivity contribution in [1.82, 2.24) is 9.38 Å². The van der Waals surface area contributed by atoms with E-state index in [9.17, 15) is 0 Å². The minimum atomic E-state index is -3.02. The van der Waals surface area contributed by atoms with Crippen molar-refractivity contribution in [2.75, 3.05) is 0 Å². The molecule has 0 aliphatic carbocycles. The molecule has 0 saturated heterocycles. The van der Waals surface area contributed by atoms with Crippen LogP contribution in [0.3, 0.4) is 0 Å². The Labute approximate surface area is 188 Å². The van der Waals surface area contributed by atoms with Crippen molar-refractivity contribution in [3.63, 3.8) is 0 Å². The zero-order chi connectivity index (χ0) is 30.1.